The number of thioether (sulfide) groups is 1. The molecule has 0 amide bonds. The van der Waals surface area contributed by atoms with Crippen LogP contribution < -0.4 is 0 Å². The van der Waals surface area contributed by atoms with Crippen molar-refractivity contribution in [3.05, 3.63) is 46.8 Å². The van der Waals surface area contributed by atoms with Crippen LogP contribution in [0, 0.1) is 0 Å². The van der Waals surface area contributed by atoms with Gasteiger partial charge in [0, 0.05) is 11.0 Å². The topological polar surface area (TPSA) is 63.3 Å². The lowest BCUT2D eigenvalue weighted by Gasteiger charge is -2.02. The second kappa shape index (κ2) is 5.25. The Morgan fingerprint density at radius 2 is 2.29 bits per heavy atom. The molecule has 0 saturated carbocycles. The highest BCUT2D eigenvalue weighted by Gasteiger charge is 2.10. The fraction of sp³-hybridized carbons (Fsp3) is 0.0909. The predicted molar refractivity (Wildman–Crippen MR) is 64.5 cm³/mol. The zero-order chi connectivity index (χ0) is 12.3. The first-order valence-electron chi connectivity index (χ1n) is 4.72. The van der Waals surface area contributed by atoms with Crippen molar-refractivity contribution in [2.24, 2.45) is 0 Å². The van der Waals surface area contributed by atoms with E-state index in [0.717, 1.165) is 10.7 Å². The molecule has 0 aliphatic rings. The van der Waals surface area contributed by atoms with Gasteiger partial charge in [-0.15, -0.1) is 11.8 Å². The SMILES string of the molecule is O=C(O)c1cc(SCc2ccno2)ccc1Cl. The number of carboxylic acid groups (broad SMARTS) is 1. The quantitative estimate of drug-likeness (QED) is 0.863. The van der Waals surface area contributed by atoms with Crippen molar-refractivity contribution in [2.45, 2.75) is 10.6 Å². The van der Waals surface area contributed by atoms with E-state index in [-0.39, 0.29) is 10.6 Å². The molecule has 0 bridgehead atoms. The van der Waals surface area contributed by atoms with Crippen LogP contribution in [0.15, 0.2) is 39.9 Å². The second-order valence-corrected chi connectivity index (χ2v) is 4.67. The number of nitrogens with zero attached hydrogens (tertiary/aromatic N) is 1. The molecule has 0 spiro atoms. The van der Waals surface area contributed by atoms with Crippen molar-refractivity contribution in [2.75, 3.05) is 0 Å². The molecule has 0 aliphatic heterocycles. The van der Waals surface area contributed by atoms with E-state index in [1.807, 2.05) is 0 Å². The van der Waals surface area contributed by atoms with Crippen LogP contribution in [0.1, 0.15) is 16.1 Å². The summed E-state index contributed by atoms with van der Waals surface area (Å²) < 4.78 is 4.94. The van der Waals surface area contributed by atoms with Crippen molar-refractivity contribution in [3.8, 4) is 0 Å². The minimum atomic E-state index is -1.03. The Morgan fingerprint density at radius 3 is 2.94 bits per heavy atom. The summed E-state index contributed by atoms with van der Waals surface area (Å²) >= 11 is 7.24. The van der Waals surface area contributed by atoms with E-state index in [0.29, 0.717) is 5.75 Å². The van der Waals surface area contributed by atoms with E-state index in [1.165, 1.54) is 11.8 Å². The Kier molecular flexibility index (Phi) is 3.71. The summed E-state index contributed by atoms with van der Waals surface area (Å²) in [6, 6.07) is 6.66. The molecule has 1 aromatic carbocycles. The molecule has 0 unspecified atom stereocenters. The van der Waals surface area contributed by atoms with Gasteiger partial charge in [-0.2, -0.15) is 0 Å². The Hall–Kier alpha value is -1.46. The van der Waals surface area contributed by atoms with Crippen LogP contribution in [0.3, 0.4) is 0 Å². The van der Waals surface area contributed by atoms with Crippen molar-refractivity contribution < 1.29 is 14.4 Å². The summed E-state index contributed by atoms with van der Waals surface area (Å²) in [6.07, 6.45) is 1.57. The molecule has 0 fully saturated rings. The lowest BCUT2D eigenvalue weighted by molar-refractivity contribution is 0.0697. The number of benzene rings is 1. The van der Waals surface area contributed by atoms with Crippen LogP contribution in [0.2, 0.25) is 5.02 Å². The number of carboxylic acids is 1. The van der Waals surface area contributed by atoms with Gasteiger partial charge < -0.3 is 9.63 Å². The minimum absolute atomic E-state index is 0.106. The zero-order valence-electron chi connectivity index (χ0n) is 8.59. The maximum absolute atomic E-state index is 10.9. The summed E-state index contributed by atoms with van der Waals surface area (Å²) in [4.78, 5) is 11.7. The second-order valence-electron chi connectivity index (χ2n) is 3.21. The van der Waals surface area contributed by atoms with Crippen LogP contribution in [0.25, 0.3) is 0 Å². The van der Waals surface area contributed by atoms with Crippen LogP contribution in [-0.4, -0.2) is 16.2 Å². The summed E-state index contributed by atoms with van der Waals surface area (Å²) in [5, 5.41) is 12.7. The zero-order valence-corrected chi connectivity index (χ0v) is 10.2. The smallest absolute Gasteiger partial charge is 0.337 e. The molecule has 6 heteroatoms. The largest absolute Gasteiger partial charge is 0.478 e. The van der Waals surface area contributed by atoms with Crippen LogP contribution in [0.5, 0.6) is 0 Å². The third kappa shape index (κ3) is 3.01. The van der Waals surface area contributed by atoms with E-state index < -0.39 is 5.97 Å². The normalized spacial score (nSPS) is 10.4. The number of aromatic nitrogens is 1. The molecular weight excluding hydrogens is 262 g/mol. The number of aromatic carboxylic acids is 1. The van der Waals surface area contributed by atoms with Gasteiger partial charge in [-0.05, 0) is 18.2 Å². The van der Waals surface area contributed by atoms with Crippen LogP contribution >= 0.6 is 23.4 Å². The number of halogens is 1. The van der Waals surface area contributed by atoms with E-state index in [1.54, 1.807) is 30.5 Å². The Bertz CT molecular complexity index is 528. The first-order valence-corrected chi connectivity index (χ1v) is 6.08. The molecule has 88 valence electrons. The number of hydrogen-bond acceptors (Lipinski definition) is 4. The molecule has 0 radical (unpaired) electrons. The average molecular weight is 270 g/mol. The Balaban J connectivity index is 2.11. The molecule has 2 rings (SSSR count). The molecule has 1 N–H and O–H groups in total. The Morgan fingerprint density at radius 1 is 1.47 bits per heavy atom. The fourth-order valence-electron chi connectivity index (χ4n) is 1.23. The Labute approximate surface area is 107 Å². The van der Waals surface area contributed by atoms with E-state index in [9.17, 15) is 4.79 Å². The average Bonchev–Trinajstić information content (AvgIpc) is 2.80. The van der Waals surface area contributed by atoms with Gasteiger partial charge in [-0.1, -0.05) is 16.8 Å². The summed E-state index contributed by atoms with van der Waals surface area (Å²) in [6.45, 7) is 0. The van der Waals surface area contributed by atoms with E-state index in [2.05, 4.69) is 5.16 Å². The molecule has 17 heavy (non-hydrogen) atoms. The fourth-order valence-corrected chi connectivity index (χ4v) is 2.25. The molecule has 1 heterocycles. The lowest BCUT2D eigenvalue weighted by Crippen LogP contribution is -1.97. The molecule has 0 aliphatic carbocycles. The van der Waals surface area contributed by atoms with Crippen molar-refractivity contribution in [1.29, 1.82) is 0 Å². The van der Waals surface area contributed by atoms with Gasteiger partial charge in [-0.25, -0.2) is 4.79 Å². The highest BCUT2D eigenvalue weighted by molar-refractivity contribution is 7.98. The third-order valence-corrected chi connectivity index (χ3v) is 3.39. The van der Waals surface area contributed by atoms with Gasteiger partial charge in [0.2, 0.25) is 0 Å². The maximum Gasteiger partial charge on any atom is 0.337 e. The van der Waals surface area contributed by atoms with Gasteiger partial charge >= 0.3 is 5.97 Å². The summed E-state index contributed by atoms with van der Waals surface area (Å²) in [5.41, 5.74) is 0.106. The molecule has 0 saturated heterocycles. The lowest BCUT2D eigenvalue weighted by atomic mass is 10.2. The third-order valence-electron chi connectivity index (χ3n) is 2.04. The summed E-state index contributed by atoms with van der Waals surface area (Å²) in [7, 11) is 0. The van der Waals surface area contributed by atoms with Gasteiger partial charge in [0.25, 0.3) is 0 Å². The standard InChI is InChI=1S/C11H8ClNO3S/c12-10-2-1-8(5-9(10)11(14)15)17-6-7-3-4-13-16-7/h1-5H,6H2,(H,14,15). The number of hydrogen-bond donors (Lipinski definition) is 1. The highest BCUT2D eigenvalue weighted by atomic mass is 35.5. The highest BCUT2D eigenvalue weighted by Crippen LogP contribution is 2.27. The van der Waals surface area contributed by atoms with Crippen molar-refractivity contribution in [1.82, 2.24) is 5.16 Å². The van der Waals surface area contributed by atoms with Crippen molar-refractivity contribution in [3.63, 3.8) is 0 Å². The van der Waals surface area contributed by atoms with Gasteiger partial charge in [-0.3, -0.25) is 0 Å². The van der Waals surface area contributed by atoms with Gasteiger partial charge in [0.05, 0.1) is 22.5 Å². The molecule has 0 atom stereocenters. The number of rotatable bonds is 4. The number of carbonyl (C=O) groups is 1. The maximum atomic E-state index is 10.9. The summed E-state index contributed by atoms with van der Waals surface area (Å²) in [5.74, 6) is 0.305. The van der Waals surface area contributed by atoms with Gasteiger partial charge in [0.15, 0.2) is 0 Å². The molecular formula is C11H8ClNO3S. The molecule has 4 nitrogen and oxygen atoms in total. The van der Waals surface area contributed by atoms with Crippen LogP contribution in [0.4, 0.5) is 0 Å². The first-order chi connectivity index (χ1) is 8.16. The predicted octanol–water partition coefficient (Wildman–Crippen LogP) is 3.32. The molecule has 1 aromatic heterocycles. The van der Waals surface area contributed by atoms with Gasteiger partial charge in [0.1, 0.15) is 5.76 Å². The van der Waals surface area contributed by atoms with E-state index in [4.69, 9.17) is 21.2 Å². The van der Waals surface area contributed by atoms with Crippen LogP contribution in [-0.2, 0) is 5.75 Å². The van der Waals surface area contributed by atoms with E-state index >= 15 is 0 Å². The minimum Gasteiger partial charge on any atom is -0.478 e. The molecule has 2 aromatic rings. The monoisotopic (exact) mass is 269 g/mol. The van der Waals surface area contributed by atoms with Crippen molar-refractivity contribution >= 4 is 29.3 Å². The first kappa shape index (κ1) is 12.0.